The summed E-state index contributed by atoms with van der Waals surface area (Å²) in [6, 6.07) is 9.95. The second kappa shape index (κ2) is 9.88. The lowest BCUT2D eigenvalue weighted by atomic mass is 10.1. The highest BCUT2D eigenvalue weighted by Crippen LogP contribution is 2.37. The molecule has 0 unspecified atom stereocenters. The highest BCUT2D eigenvalue weighted by molar-refractivity contribution is 7.80. The summed E-state index contributed by atoms with van der Waals surface area (Å²) in [5.74, 6) is 0.384. The van der Waals surface area contributed by atoms with E-state index in [1.54, 1.807) is 42.5 Å². The third kappa shape index (κ3) is 4.49. The van der Waals surface area contributed by atoms with Crippen molar-refractivity contribution in [2.75, 3.05) is 39.9 Å². The number of thiocarbonyl (C=S) groups is 1. The monoisotopic (exact) mass is 476 g/mol. The predicted octanol–water partition coefficient (Wildman–Crippen LogP) is 3.51. The van der Waals surface area contributed by atoms with Crippen LogP contribution in [0.5, 0.6) is 17.2 Å². The molecule has 1 aliphatic heterocycles. The lowest BCUT2D eigenvalue weighted by molar-refractivity contribution is -0.140. The van der Waals surface area contributed by atoms with Gasteiger partial charge >= 0.3 is 5.97 Å². The largest absolute Gasteiger partial charge is 0.496 e. The van der Waals surface area contributed by atoms with E-state index in [-0.39, 0.29) is 17.4 Å². The minimum atomic E-state index is -0.553. The SMILES string of the molecule is COC(=O)CN1C(=S)N(c2ccc(Cl)cc2)C(=O)C1=Cc1cc(OC)c(OC)cc1OC. The van der Waals surface area contributed by atoms with Crippen LogP contribution in [0.1, 0.15) is 5.56 Å². The fourth-order valence-electron chi connectivity index (χ4n) is 3.16. The summed E-state index contributed by atoms with van der Waals surface area (Å²) in [6.07, 6.45) is 1.58. The number of benzene rings is 2. The fourth-order valence-corrected chi connectivity index (χ4v) is 3.63. The summed E-state index contributed by atoms with van der Waals surface area (Å²) in [4.78, 5) is 28.2. The van der Waals surface area contributed by atoms with E-state index in [2.05, 4.69) is 0 Å². The first-order chi connectivity index (χ1) is 15.3. The van der Waals surface area contributed by atoms with Gasteiger partial charge in [-0.2, -0.15) is 0 Å². The molecule has 1 fully saturated rings. The van der Waals surface area contributed by atoms with Gasteiger partial charge in [0.25, 0.3) is 5.91 Å². The summed E-state index contributed by atoms with van der Waals surface area (Å²) in [5, 5.41) is 0.650. The van der Waals surface area contributed by atoms with Crippen molar-refractivity contribution in [2.24, 2.45) is 0 Å². The number of halogens is 1. The van der Waals surface area contributed by atoms with Gasteiger partial charge < -0.3 is 23.8 Å². The Bertz CT molecular complexity index is 1090. The number of hydrogen-bond acceptors (Lipinski definition) is 7. The fraction of sp³-hybridized carbons (Fsp3) is 0.227. The third-order valence-corrected chi connectivity index (χ3v) is 5.42. The number of amides is 1. The molecule has 1 saturated heterocycles. The van der Waals surface area contributed by atoms with Gasteiger partial charge in [-0.05, 0) is 48.6 Å². The van der Waals surface area contributed by atoms with Gasteiger partial charge in [0.1, 0.15) is 18.0 Å². The van der Waals surface area contributed by atoms with Crippen LogP contribution in [-0.4, -0.2) is 56.9 Å². The molecule has 10 heteroatoms. The van der Waals surface area contributed by atoms with E-state index >= 15 is 0 Å². The summed E-state index contributed by atoms with van der Waals surface area (Å²) in [7, 11) is 5.77. The topological polar surface area (TPSA) is 77.5 Å². The number of carbonyl (C=O) groups is 2. The number of hydrogen-bond donors (Lipinski definition) is 0. The number of carbonyl (C=O) groups excluding carboxylic acids is 2. The van der Waals surface area contributed by atoms with Crippen molar-refractivity contribution in [1.82, 2.24) is 4.90 Å². The molecule has 1 amide bonds. The Hall–Kier alpha value is -3.30. The zero-order valence-corrected chi connectivity index (χ0v) is 19.5. The van der Waals surface area contributed by atoms with Crippen LogP contribution in [-0.2, 0) is 14.3 Å². The normalized spacial score (nSPS) is 14.7. The highest BCUT2D eigenvalue weighted by atomic mass is 35.5. The smallest absolute Gasteiger partial charge is 0.325 e. The molecular weight excluding hydrogens is 456 g/mol. The minimum absolute atomic E-state index is 0.133. The molecule has 8 nitrogen and oxygen atoms in total. The first-order valence-electron chi connectivity index (χ1n) is 9.34. The Labute approximate surface area is 195 Å². The average Bonchev–Trinajstić information content (AvgIpc) is 3.03. The van der Waals surface area contributed by atoms with Gasteiger partial charge in [-0.3, -0.25) is 14.5 Å². The van der Waals surface area contributed by atoms with E-state index in [9.17, 15) is 9.59 Å². The Balaban J connectivity index is 2.14. The minimum Gasteiger partial charge on any atom is -0.496 e. The van der Waals surface area contributed by atoms with Crippen molar-refractivity contribution in [2.45, 2.75) is 0 Å². The number of esters is 1. The van der Waals surface area contributed by atoms with Crippen LogP contribution in [0.4, 0.5) is 5.69 Å². The van der Waals surface area contributed by atoms with Crippen molar-refractivity contribution < 1.29 is 28.5 Å². The second-order valence-electron chi connectivity index (χ2n) is 6.54. The quantitative estimate of drug-likeness (QED) is 0.341. The molecule has 0 bridgehead atoms. The Morgan fingerprint density at radius 2 is 1.59 bits per heavy atom. The molecule has 0 radical (unpaired) electrons. The molecule has 0 aliphatic carbocycles. The molecular formula is C22H21ClN2O6S. The summed E-state index contributed by atoms with van der Waals surface area (Å²) in [6.45, 7) is -0.243. The van der Waals surface area contributed by atoms with E-state index in [0.29, 0.717) is 33.5 Å². The number of ether oxygens (including phenoxy) is 4. The number of nitrogens with zero attached hydrogens (tertiary/aromatic N) is 2. The van der Waals surface area contributed by atoms with Crippen molar-refractivity contribution >= 4 is 52.6 Å². The van der Waals surface area contributed by atoms with Crippen molar-refractivity contribution in [3.8, 4) is 17.2 Å². The molecule has 2 aromatic rings. The molecule has 0 N–H and O–H groups in total. The molecule has 32 heavy (non-hydrogen) atoms. The van der Waals surface area contributed by atoms with Gasteiger partial charge in [-0.1, -0.05) is 11.6 Å². The maximum absolute atomic E-state index is 13.4. The zero-order chi connectivity index (χ0) is 23.4. The van der Waals surface area contributed by atoms with Gasteiger partial charge in [0.05, 0.1) is 34.1 Å². The second-order valence-corrected chi connectivity index (χ2v) is 7.34. The molecule has 1 aliphatic rings. The molecule has 0 aromatic heterocycles. The summed E-state index contributed by atoms with van der Waals surface area (Å²) in [5.41, 5.74) is 1.21. The van der Waals surface area contributed by atoms with Crippen LogP contribution in [0.15, 0.2) is 42.1 Å². The molecule has 3 rings (SSSR count). The van der Waals surface area contributed by atoms with Crippen LogP contribution < -0.4 is 19.1 Å². The first-order valence-corrected chi connectivity index (χ1v) is 10.1. The van der Waals surface area contributed by atoms with E-state index in [1.807, 2.05) is 0 Å². The van der Waals surface area contributed by atoms with Crippen molar-refractivity contribution in [1.29, 1.82) is 0 Å². The Kier molecular flexibility index (Phi) is 7.22. The van der Waals surface area contributed by atoms with Gasteiger partial charge in [-0.25, -0.2) is 0 Å². The predicted molar refractivity (Wildman–Crippen MR) is 124 cm³/mol. The Morgan fingerprint density at radius 1 is 1.00 bits per heavy atom. The molecule has 0 saturated carbocycles. The van der Waals surface area contributed by atoms with Crippen molar-refractivity contribution in [3.63, 3.8) is 0 Å². The number of methoxy groups -OCH3 is 4. The van der Waals surface area contributed by atoms with Gasteiger partial charge in [-0.15, -0.1) is 0 Å². The van der Waals surface area contributed by atoms with Crippen molar-refractivity contribution in [3.05, 3.63) is 52.7 Å². The lowest BCUT2D eigenvalue weighted by Crippen LogP contribution is -2.35. The van der Waals surface area contributed by atoms with Crippen LogP contribution >= 0.6 is 23.8 Å². The highest BCUT2D eigenvalue weighted by Gasteiger charge is 2.40. The lowest BCUT2D eigenvalue weighted by Gasteiger charge is -2.19. The maximum atomic E-state index is 13.4. The first kappa shape index (κ1) is 23.4. The molecule has 1 heterocycles. The van der Waals surface area contributed by atoms with Crippen LogP contribution in [0, 0.1) is 0 Å². The maximum Gasteiger partial charge on any atom is 0.325 e. The van der Waals surface area contributed by atoms with E-state index in [1.165, 1.54) is 38.2 Å². The summed E-state index contributed by atoms with van der Waals surface area (Å²) < 4.78 is 20.9. The van der Waals surface area contributed by atoms with E-state index in [4.69, 9.17) is 42.8 Å². The van der Waals surface area contributed by atoms with Gasteiger partial charge in [0, 0.05) is 16.7 Å². The molecule has 0 spiro atoms. The van der Waals surface area contributed by atoms with E-state index in [0.717, 1.165) is 0 Å². The standard InChI is InChI=1S/C22H21ClN2O6S/c1-28-17-11-19(30-3)18(29-2)10-13(17)9-16-21(27)25(15-7-5-14(23)6-8-15)22(32)24(16)12-20(26)31-4/h5-11H,12H2,1-4H3. The van der Waals surface area contributed by atoms with Crippen LogP contribution in [0.3, 0.4) is 0 Å². The summed E-state index contributed by atoms with van der Waals surface area (Å²) >= 11 is 11.5. The molecule has 0 atom stereocenters. The number of rotatable bonds is 7. The van der Waals surface area contributed by atoms with Gasteiger partial charge in [0.15, 0.2) is 16.6 Å². The Morgan fingerprint density at radius 3 is 2.16 bits per heavy atom. The third-order valence-electron chi connectivity index (χ3n) is 4.76. The molecule has 2 aromatic carbocycles. The zero-order valence-electron chi connectivity index (χ0n) is 17.9. The average molecular weight is 477 g/mol. The number of anilines is 1. The van der Waals surface area contributed by atoms with E-state index < -0.39 is 11.9 Å². The van der Waals surface area contributed by atoms with Crippen LogP contribution in [0.2, 0.25) is 5.02 Å². The van der Waals surface area contributed by atoms with Crippen LogP contribution in [0.25, 0.3) is 6.08 Å². The molecule has 168 valence electrons. The van der Waals surface area contributed by atoms with Gasteiger partial charge in [0.2, 0.25) is 0 Å².